The van der Waals surface area contributed by atoms with Crippen LogP contribution in [0.25, 0.3) is 0 Å². The van der Waals surface area contributed by atoms with Crippen LogP contribution in [0.5, 0.6) is 5.75 Å². The molecule has 7 nitrogen and oxygen atoms in total. The second kappa shape index (κ2) is 7.95. The fraction of sp³-hybridized carbons (Fsp3) is 0.462. The van der Waals surface area contributed by atoms with Gasteiger partial charge in [0.1, 0.15) is 11.8 Å². The number of benzene rings is 1. The van der Waals surface area contributed by atoms with Gasteiger partial charge in [0.15, 0.2) is 0 Å². The molecule has 0 heterocycles. The highest BCUT2D eigenvalue weighted by molar-refractivity contribution is 7.80. The SMILES string of the molecule is COS(=O)(=O)[O-].COc1ccc(C(C#N)[N+](C)(C)C)cc1. The van der Waals surface area contributed by atoms with Crippen molar-refractivity contribution >= 4 is 10.4 Å². The Morgan fingerprint density at radius 3 is 1.86 bits per heavy atom. The maximum atomic E-state index is 9.22. The number of nitriles is 1. The minimum Gasteiger partial charge on any atom is -0.726 e. The molecule has 0 bridgehead atoms. The smallest absolute Gasteiger partial charge is 0.217 e. The summed E-state index contributed by atoms with van der Waals surface area (Å²) < 4.78 is 36.7. The van der Waals surface area contributed by atoms with E-state index >= 15 is 0 Å². The molecule has 0 amide bonds. The fourth-order valence-corrected chi connectivity index (χ4v) is 1.48. The van der Waals surface area contributed by atoms with E-state index in [-0.39, 0.29) is 6.04 Å². The van der Waals surface area contributed by atoms with E-state index < -0.39 is 10.4 Å². The van der Waals surface area contributed by atoms with Crippen molar-refractivity contribution in [2.45, 2.75) is 6.04 Å². The van der Waals surface area contributed by atoms with Crippen molar-refractivity contribution in [1.82, 2.24) is 0 Å². The van der Waals surface area contributed by atoms with Gasteiger partial charge in [0.2, 0.25) is 16.4 Å². The number of nitrogens with zero attached hydrogens (tertiary/aromatic N) is 2. The van der Waals surface area contributed by atoms with Crippen molar-refractivity contribution < 1.29 is 26.4 Å². The Balaban J connectivity index is 0.000000567. The molecule has 0 radical (unpaired) electrons. The van der Waals surface area contributed by atoms with Crippen molar-refractivity contribution in [3.8, 4) is 11.8 Å². The van der Waals surface area contributed by atoms with E-state index in [1.165, 1.54) is 0 Å². The summed E-state index contributed by atoms with van der Waals surface area (Å²) in [6.07, 6.45) is 0. The van der Waals surface area contributed by atoms with Crippen molar-refractivity contribution in [1.29, 1.82) is 5.26 Å². The van der Waals surface area contributed by atoms with Gasteiger partial charge in [0.25, 0.3) is 0 Å². The van der Waals surface area contributed by atoms with E-state index in [1.807, 2.05) is 45.4 Å². The molecule has 0 spiro atoms. The van der Waals surface area contributed by atoms with E-state index in [0.717, 1.165) is 18.4 Å². The van der Waals surface area contributed by atoms with Crippen LogP contribution >= 0.6 is 0 Å². The summed E-state index contributed by atoms with van der Waals surface area (Å²) in [5.41, 5.74) is 1.02. The zero-order valence-corrected chi connectivity index (χ0v) is 13.5. The van der Waals surface area contributed by atoms with Gasteiger partial charge in [0, 0.05) is 5.56 Å². The predicted molar refractivity (Wildman–Crippen MR) is 76.1 cm³/mol. The molecule has 1 rings (SSSR count). The molecular weight excluding hydrogens is 296 g/mol. The number of rotatable bonds is 4. The van der Waals surface area contributed by atoms with Gasteiger partial charge in [-0.1, -0.05) is 0 Å². The maximum Gasteiger partial charge on any atom is 0.217 e. The van der Waals surface area contributed by atoms with Gasteiger partial charge >= 0.3 is 0 Å². The molecule has 1 unspecified atom stereocenters. The number of quaternary nitrogens is 1. The van der Waals surface area contributed by atoms with Crippen LogP contribution in [-0.4, -0.2) is 52.8 Å². The molecule has 0 aliphatic rings. The van der Waals surface area contributed by atoms with Gasteiger partial charge in [0.05, 0.1) is 35.4 Å². The van der Waals surface area contributed by atoms with Crippen LogP contribution in [0.2, 0.25) is 0 Å². The lowest BCUT2D eigenvalue weighted by atomic mass is 10.1. The first-order chi connectivity index (χ1) is 9.55. The minimum atomic E-state index is -4.41. The van der Waals surface area contributed by atoms with Gasteiger partial charge in [-0.15, -0.1) is 0 Å². The summed E-state index contributed by atoms with van der Waals surface area (Å²) in [5.74, 6) is 0.817. The van der Waals surface area contributed by atoms with E-state index in [0.29, 0.717) is 4.48 Å². The third-order valence-corrected chi connectivity index (χ3v) is 2.94. The molecule has 21 heavy (non-hydrogen) atoms. The lowest BCUT2D eigenvalue weighted by molar-refractivity contribution is -0.893. The maximum absolute atomic E-state index is 9.22. The van der Waals surface area contributed by atoms with Gasteiger partial charge in [-0.2, -0.15) is 5.26 Å². The average Bonchev–Trinajstić information content (AvgIpc) is 2.38. The lowest BCUT2D eigenvalue weighted by Crippen LogP contribution is -2.38. The fourth-order valence-electron chi connectivity index (χ4n) is 1.48. The largest absolute Gasteiger partial charge is 0.726 e. The van der Waals surface area contributed by atoms with Crippen molar-refractivity contribution in [3.63, 3.8) is 0 Å². The molecule has 0 saturated carbocycles. The van der Waals surface area contributed by atoms with E-state index in [4.69, 9.17) is 10.00 Å². The van der Waals surface area contributed by atoms with Crippen molar-refractivity contribution in [3.05, 3.63) is 29.8 Å². The topological polar surface area (TPSA) is 99.5 Å². The number of ether oxygens (including phenoxy) is 1. The summed E-state index contributed by atoms with van der Waals surface area (Å²) in [4.78, 5) is 0. The van der Waals surface area contributed by atoms with Crippen LogP contribution in [0.4, 0.5) is 0 Å². The van der Waals surface area contributed by atoms with E-state index in [2.05, 4.69) is 10.3 Å². The van der Waals surface area contributed by atoms with Crippen LogP contribution < -0.4 is 4.74 Å². The number of hydrogen-bond donors (Lipinski definition) is 0. The summed E-state index contributed by atoms with van der Waals surface area (Å²) in [7, 11) is 4.07. The van der Waals surface area contributed by atoms with Crippen LogP contribution in [0.1, 0.15) is 11.6 Å². The molecule has 0 saturated heterocycles. The normalized spacial score (nSPS) is 12.6. The highest BCUT2D eigenvalue weighted by atomic mass is 32.3. The van der Waals surface area contributed by atoms with Crippen molar-refractivity contribution in [2.75, 3.05) is 35.4 Å². The number of methoxy groups -OCH3 is 1. The first-order valence-electron chi connectivity index (χ1n) is 5.91. The highest BCUT2D eigenvalue weighted by Gasteiger charge is 2.24. The Morgan fingerprint density at radius 1 is 1.19 bits per heavy atom. The molecular formula is C13H20N2O5S. The minimum absolute atomic E-state index is 0.143. The second-order valence-electron chi connectivity index (χ2n) is 5.00. The monoisotopic (exact) mass is 316 g/mol. The Bertz CT molecular complexity index is 570. The molecule has 118 valence electrons. The lowest BCUT2D eigenvalue weighted by Gasteiger charge is -2.29. The standard InChI is InChI=1S/C12H17N2O.CH4O4S/c1-14(2,3)12(9-13)10-5-7-11(15-4)8-6-10;1-5-6(2,3)4/h5-8,12H,1-4H3;1H3,(H,2,3,4)/q+1;/p-1. The quantitative estimate of drug-likeness (QED) is 0.468. The Hall–Kier alpha value is -1.66. The number of hydrogen-bond acceptors (Lipinski definition) is 6. The average molecular weight is 316 g/mol. The van der Waals surface area contributed by atoms with Gasteiger partial charge in [-0.05, 0) is 24.3 Å². The second-order valence-corrected chi connectivity index (χ2v) is 6.15. The first-order valence-corrected chi connectivity index (χ1v) is 7.24. The molecule has 8 heteroatoms. The zero-order valence-electron chi connectivity index (χ0n) is 12.7. The molecule has 0 N–H and O–H groups in total. The molecule has 0 aliphatic carbocycles. The van der Waals surface area contributed by atoms with Crippen molar-refractivity contribution in [2.24, 2.45) is 0 Å². The molecule has 0 aromatic heterocycles. The Morgan fingerprint density at radius 2 is 1.62 bits per heavy atom. The highest BCUT2D eigenvalue weighted by Crippen LogP contribution is 2.24. The van der Waals surface area contributed by atoms with Crippen LogP contribution in [-0.2, 0) is 14.6 Å². The summed E-state index contributed by atoms with van der Waals surface area (Å²) in [6.45, 7) is 0. The molecule has 0 fully saturated rings. The van der Waals surface area contributed by atoms with Gasteiger partial charge < -0.3 is 13.8 Å². The molecule has 0 aliphatic heterocycles. The van der Waals surface area contributed by atoms with Gasteiger partial charge in [-0.3, -0.25) is 4.18 Å². The molecule has 1 atom stereocenters. The van der Waals surface area contributed by atoms with E-state index in [1.54, 1.807) is 7.11 Å². The Labute approximate surface area is 125 Å². The summed E-state index contributed by atoms with van der Waals surface area (Å²) >= 11 is 0. The third-order valence-electron chi connectivity index (χ3n) is 2.53. The van der Waals surface area contributed by atoms with Gasteiger partial charge in [-0.25, -0.2) is 8.42 Å². The Kier molecular flexibility index (Phi) is 7.32. The zero-order chi connectivity index (χ0) is 16.7. The van der Waals surface area contributed by atoms with Crippen LogP contribution in [0, 0.1) is 11.3 Å². The predicted octanol–water partition coefficient (Wildman–Crippen LogP) is 1.06. The molecule has 1 aromatic rings. The molecule has 1 aromatic carbocycles. The van der Waals surface area contributed by atoms with Crippen LogP contribution in [0.15, 0.2) is 24.3 Å². The first kappa shape index (κ1) is 19.3. The summed E-state index contributed by atoms with van der Waals surface area (Å²) in [6, 6.07) is 9.83. The van der Waals surface area contributed by atoms with E-state index in [9.17, 15) is 13.0 Å². The summed E-state index contributed by atoms with van der Waals surface area (Å²) in [5, 5.41) is 9.14. The third kappa shape index (κ3) is 7.63. The van der Waals surface area contributed by atoms with Crippen LogP contribution in [0.3, 0.4) is 0 Å².